The van der Waals surface area contributed by atoms with E-state index in [0.29, 0.717) is 0 Å². The Labute approximate surface area is 97.2 Å². The Kier molecular flexibility index (Phi) is 3.03. The summed E-state index contributed by atoms with van der Waals surface area (Å²) in [7, 11) is 0. The van der Waals surface area contributed by atoms with E-state index < -0.39 is 5.97 Å². The fourth-order valence-electron chi connectivity index (χ4n) is 1.47. The van der Waals surface area contributed by atoms with Crippen molar-refractivity contribution in [1.82, 2.24) is 0 Å². The quantitative estimate of drug-likeness (QED) is 0.856. The summed E-state index contributed by atoms with van der Waals surface area (Å²) in [5.41, 5.74) is 7.25. The lowest BCUT2D eigenvalue weighted by atomic mass is 10.0. The summed E-state index contributed by atoms with van der Waals surface area (Å²) in [5, 5.41) is 10.7. The maximum atomic E-state index is 10.7. The second kappa shape index (κ2) is 4.47. The van der Waals surface area contributed by atoms with Gasteiger partial charge in [-0.1, -0.05) is 18.2 Å². The highest BCUT2D eigenvalue weighted by molar-refractivity contribution is 7.10. The molecule has 0 aliphatic carbocycles. The van der Waals surface area contributed by atoms with E-state index in [1.165, 1.54) is 0 Å². The van der Waals surface area contributed by atoms with Crippen LogP contribution >= 0.6 is 11.3 Å². The highest BCUT2D eigenvalue weighted by Gasteiger charge is 2.10. The summed E-state index contributed by atoms with van der Waals surface area (Å²) in [4.78, 5) is 11.8. The van der Waals surface area contributed by atoms with Gasteiger partial charge in [-0.15, -0.1) is 11.3 Å². The second-order valence-electron chi connectivity index (χ2n) is 3.42. The molecule has 1 aromatic heterocycles. The van der Waals surface area contributed by atoms with E-state index in [4.69, 9.17) is 10.8 Å². The van der Waals surface area contributed by atoms with Crippen LogP contribution in [0.15, 0.2) is 41.8 Å². The van der Waals surface area contributed by atoms with Crippen LogP contribution in [0.1, 0.15) is 26.8 Å². The average molecular weight is 233 g/mol. The third-order valence-corrected chi connectivity index (χ3v) is 3.32. The van der Waals surface area contributed by atoms with Crippen LogP contribution in [0, 0.1) is 0 Å². The van der Waals surface area contributed by atoms with E-state index in [2.05, 4.69) is 0 Å². The Morgan fingerprint density at radius 1 is 1.25 bits per heavy atom. The summed E-state index contributed by atoms with van der Waals surface area (Å²) >= 11 is 1.60. The molecule has 0 aliphatic rings. The van der Waals surface area contributed by atoms with Gasteiger partial charge in [0, 0.05) is 4.88 Å². The monoisotopic (exact) mass is 233 g/mol. The van der Waals surface area contributed by atoms with Crippen molar-refractivity contribution in [1.29, 1.82) is 0 Å². The Morgan fingerprint density at radius 2 is 1.94 bits per heavy atom. The molecule has 3 N–H and O–H groups in total. The normalized spacial score (nSPS) is 12.3. The number of hydrogen-bond donors (Lipinski definition) is 2. The van der Waals surface area contributed by atoms with Crippen LogP contribution < -0.4 is 5.73 Å². The van der Waals surface area contributed by atoms with Gasteiger partial charge in [0.15, 0.2) is 0 Å². The van der Waals surface area contributed by atoms with Crippen molar-refractivity contribution in [2.24, 2.45) is 5.73 Å². The maximum Gasteiger partial charge on any atom is 0.335 e. The molecule has 0 radical (unpaired) electrons. The minimum atomic E-state index is -0.920. The van der Waals surface area contributed by atoms with E-state index >= 15 is 0 Å². The van der Waals surface area contributed by atoms with Crippen LogP contribution in [0.3, 0.4) is 0 Å². The van der Waals surface area contributed by atoms with Crippen molar-refractivity contribution in [2.75, 3.05) is 0 Å². The van der Waals surface area contributed by atoms with E-state index in [1.54, 1.807) is 35.6 Å². The molecule has 0 spiro atoms. The first kappa shape index (κ1) is 10.9. The van der Waals surface area contributed by atoms with Crippen molar-refractivity contribution in [3.05, 3.63) is 57.8 Å². The minimum absolute atomic E-state index is 0.178. The summed E-state index contributed by atoms with van der Waals surface area (Å²) in [5.74, 6) is -0.920. The predicted molar refractivity (Wildman–Crippen MR) is 63.8 cm³/mol. The smallest absolute Gasteiger partial charge is 0.335 e. The summed E-state index contributed by atoms with van der Waals surface area (Å²) in [6.45, 7) is 0. The van der Waals surface area contributed by atoms with Crippen molar-refractivity contribution < 1.29 is 9.90 Å². The zero-order chi connectivity index (χ0) is 11.5. The van der Waals surface area contributed by atoms with Gasteiger partial charge in [0.05, 0.1) is 11.6 Å². The van der Waals surface area contributed by atoms with Crippen molar-refractivity contribution in [2.45, 2.75) is 6.04 Å². The molecule has 0 fully saturated rings. The van der Waals surface area contributed by atoms with Gasteiger partial charge in [-0.3, -0.25) is 0 Å². The first-order valence-corrected chi connectivity index (χ1v) is 5.68. The molecule has 1 heterocycles. The lowest BCUT2D eigenvalue weighted by Gasteiger charge is -2.09. The zero-order valence-corrected chi connectivity index (χ0v) is 9.28. The number of rotatable bonds is 3. The third-order valence-electron chi connectivity index (χ3n) is 2.37. The number of carbonyl (C=O) groups is 1. The second-order valence-corrected chi connectivity index (χ2v) is 4.40. The first-order valence-electron chi connectivity index (χ1n) is 4.80. The predicted octanol–water partition coefficient (Wildman–Crippen LogP) is 2.49. The van der Waals surface area contributed by atoms with Crippen LogP contribution in [0.2, 0.25) is 0 Å². The van der Waals surface area contributed by atoms with E-state index in [1.807, 2.05) is 17.5 Å². The number of carboxylic acids is 1. The maximum absolute atomic E-state index is 10.7. The van der Waals surface area contributed by atoms with Crippen LogP contribution in [-0.2, 0) is 0 Å². The molecule has 4 heteroatoms. The Balaban J connectivity index is 2.25. The van der Waals surface area contributed by atoms with Crippen molar-refractivity contribution >= 4 is 17.3 Å². The number of carboxylic acid groups (broad SMARTS) is 1. The molecule has 0 saturated carbocycles. The largest absolute Gasteiger partial charge is 0.478 e. The van der Waals surface area contributed by atoms with E-state index in [9.17, 15) is 4.79 Å². The molecule has 1 aromatic carbocycles. The molecular weight excluding hydrogens is 222 g/mol. The number of nitrogens with two attached hydrogens (primary N) is 1. The van der Waals surface area contributed by atoms with Gasteiger partial charge in [0.1, 0.15) is 0 Å². The molecule has 82 valence electrons. The van der Waals surface area contributed by atoms with Gasteiger partial charge < -0.3 is 10.8 Å². The molecule has 0 amide bonds. The molecule has 0 aliphatic heterocycles. The van der Waals surface area contributed by atoms with Gasteiger partial charge in [-0.05, 0) is 29.1 Å². The highest BCUT2D eigenvalue weighted by Crippen LogP contribution is 2.23. The SMILES string of the molecule is NC(c1ccc(C(=O)O)cc1)c1cccs1. The van der Waals surface area contributed by atoms with Crippen LogP contribution in [0.25, 0.3) is 0 Å². The van der Waals surface area contributed by atoms with E-state index in [-0.39, 0.29) is 11.6 Å². The Bertz CT molecular complexity index is 476. The van der Waals surface area contributed by atoms with Crippen molar-refractivity contribution in [3.8, 4) is 0 Å². The first-order chi connectivity index (χ1) is 7.68. The molecule has 1 unspecified atom stereocenters. The molecule has 2 aromatic rings. The fraction of sp³-hybridized carbons (Fsp3) is 0.0833. The van der Waals surface area contributed by atoms with Crippen molar-refractivity contribution in [3.63, 3.8) is 0 Å². The summed E-state index contributed by atoms with van der Waals surface area (Å²) in [6, 6.07) is 10.4. The van der Waals surface area contributed by atoms with Crippen LogP contribution in [-0.4, -0.2) is 11.1 Å². The average Bonchev–Trinajstić information content (AvgIpc) is 2.81. The highest BCUT2D eigenvalue weighted by atomic mass is 32.1. The number of aromatic carboxylic acids is 1. The van der Waals surface area contributed by atoms with Gasteiger partial charge in [-0.2, -0.15) is 0 Å². The minimum Gasteiger partial charge on any atom is -0.478 e. The number of hydrogen-bond acceptors (Lipinski definition) is 3. The summed E-state index contributed by atoms with van der Waals surface area (Å²) < 4.78 is 0. The summed E-state index contributed by atoms with van der Waals surface area (Å²) in [6.07, 6.45) is 0. The molecule has 2 rings (SSSR count). The van der Waals surface area contributed by atoms with Gasteiger partial charge in [0.2, 0.25) is 0 Å². The molecule has 3 nitrogen and oxygen atoms in total. The van der Waals surface area contributed by atoms with Gasteiger partial charge >= 0.3 is 5.97 Å². The van der Waals surface area contributed by atoms with Crippen LogP contribution in [0.5, 0.6) is 0 Å². The lowest BCUT2D eigenvalue weighted by molar-refractivity contribution is 0.0697. The zero-order valence-electron chi connectivity index (χ0n) is 8.46. The molecule has 0 bridgehead atoms. The van der Waals surface area contributed by atoms with Gasteiger partial charge in [0.25, 0.3) is 0 Å². The molecule has 0 saturated heterocycles. The molecule has 16 heavy (non-hydrogen) atoms. The number of benzene rings is 1. The standard InChI is InChI=1S/C12H11NO2S/c13-11(10-2-1-7-16-10)8-3-5-9(6-4-8)12(14)15/h1-7,11H,13H2,(H,14,15). The van der Waals surface area contributed by atoms with Gasteiger partial charge in [-0.25, -0.2) is 4.79 Å². The Hall–Kier alpha value is -1.65. The Morgan fingerprint density at radius 3 is 2.44 bits per heavy atom. The van der Waals surface area contributed by atoms with Crippen LogP contribution in [0.4, 0.5) is 0 Å². The topological polar surface area (TPSA) is 63.3 Å². The molecular formula is C12H11NO2S. The number of thiophene rings is 1. The molecule has 1 atom stereocenters. The fourth-order valence-corrected chi connectivity index (χ4v) is 2.22. The van der Waals surface area contributed by atoms with E-state index in [0.717, 1.165) is 10.4 Å². The third kappa shape index (κ3) is 2.13. The lowest BCUT2D eigenvalue weighted by Crippen LogP contribution is -2.10.